The number of hydrogen-bond donors (Lipinski definition) is 0. The smallest absolute Gasteiger partial charge is 0.0541 e. The van der Waals surface area contributed by atoms with Crippen molar-refractivity contribution in [1.82, 2.24) is 9.13 Å². The highest BCUT2D eigenvalue weighted by Gasteiger charge is 2.38. The fourth-order valence-corrected chi connectivity index (χ4v) is 19.5. The summed E-state index contributed by atoms with van der Waals surface area (Å²) < 4.78 is 4.75. The summed E-state index contributed by atoms with van der Waals surface area (Å²) in [4.78, 5) is 4.82. The number of para-hydroxylation sites is 4. The molecule has 4 nitrogen and oxygen atoms in total. The van der Waals surface area contributed by atoms with Crippen molar-refractivity contribution >= 4 is 99.3 Å². The normalized spacial score (nSPS) is 12.8. The third kappa shape index (κ3) is 12.2. The SMILES string of the molecule is CC1(C)c2ccccc2-c2ccc(N(c3ccc(-c4ccc(-c5ccccc5)cc4)cc3)c3ccc(-c4ccc5c(c4)c4ccccc4n5-c4ccccc4)cc3)cc21.CC1(C)c2ccccc2-c2ccc(N(c3ccc(-c4ccc5c(ccc6ccccc65)c4)cc3)c3ccc(-c4ccc5c(c4)c4ccccc4n5-c4ccccc4)cc3)cc21. The molecule has 0 spiro atoms. The molecule has 0 radical (unpaired) electrons. The van der Waals surface area contributed by atoms with E-state index in [9.17, 15) is 0 Å². The van der Waals surface area contributed by atoms with Gasteiger partial charge in [0.05, 0.1) is 22.1 Å². The van der Waals surface area contributed by atoms with Gasteiger partial charge in [-0.15, -0.1) is 0 Å². The molecule has 23 rings (SSSR count). The summed E-state index contributed by atoms with van der Waals surface area (Å²) in [6, 6.07) is 160. The molecule has 0 aliphatic heterocycles. The number of aromatic nitrogens is 2. The zero-order valence-electron chi connectivity index (χ0n) is 67.4. The number of fused-ring (bicyclic) bond motifs is 15. The Bertz CT molecular complexity index is 7520. The van der Waals surface area contributed by atoms with Gasteiger partial charge in [0.2, 0.25) is 0 Å². The molecule has 2 aromatic heterocycles. The van der Waals surface area contributed by atoms with E-state index in [1.807, 2.05) is 0 Å². The number of nitrogens with zero attached hydrogens (tertiary/aromatic N) is 4. The largest absolute Gasteiger partial charge is 0.310 e. The van der Waals surface area contributed by atoms with Crippen molar-refractivity contribution < 1.29 is 0 Å². The second kappa shape index (κ2) is 29.0. The summed E-state index contributed by atoms with van der Waals surface area (Å²) in [6.45, 7) is 9.42. The molecule has 2 aliphatic rings. The average Bonchev–Trinajstić information content (AvgIpc) is 1.60. The van der Waals surface area contributed by atoms with Crippen LogP contribution in [0.25, 0.3) is 154 Å². The minimum Gasteiger partial charge on any atom is -0.310 e. The Morgan fingerprint density at radius 2 is 0.467 bits per heavy atom. The highest BCUT2D eigenvalue weighted by atomic mass is 15.1. The van der Waals surface area contributed by atoms with E-state index in [4.69, 9.17) is 0 Å². The highest BCUT2D eigenvalue weighted by molar-refractivity contribution is 6.13. The van der Waals surface area contributed by atoms with Crippen LogP contribution in [0.1, 0.15) is 49.9 Å². The lowest BCUT2D eigenvalue weighted by molar-refractivity contribution is 0.660. The van der Waals surface area contributed by atoms with E-state index >= 15 is 0 Å². The molecule has 0 atom stereocenters. The minimum atomic E-state index is -0.106. The maximum Gasteiger partial charge on any atom is 0.0541 e. The molecule has 19 aromatic carbocycles. The molecule has 0 N–H and O–H groups in total. The molecular weight excluding hydrogens is 1450 g/mol. The van der Waals surface area contributed by atoms with Gasteiger partial charge in [-0.2, -0.15) is 0 Å². The molecular formula is C116H84N4. The highest BCUT2D eigenvalue weighted by Crippen LogP contribution is 2.54. The predicted molar refractivity (Wildman–Crippen MR) is 508 cm³/mol. The van der Waals surface area contributed by atoms with Gasteiger partial charge in [-0.25, -0.2) is 0 Å². The van der Waals surface area contributed by atoms with Gasteiger partial charge in [-0.05, 0) is 261 Å². The summed E-state index contributed by atoms with van der Waals surface area (Å²) >= 11 is 0. The monoisotopic (exact) mass is 1530 g/mol. The van der Waals surface area contributed by atoms with Gasteiger partial charge in [0, 0.05) is 77.9 Å². The lowest BCUT2D eigenvalue weighted by Crippen LogP contribution is -2.16. The summed E-state index contributed by atoms with van der Waals surface area (Å²) in [6.07, 6.45) is 0. The number of anilines is 6. The Morgan fingerprint density at radius 3 is 0.908 bits per heavy atom. The fraction of sp³-hybridized carbons (Fsp3) is 0.0517. The quantitative estimate of drug-likeness (QED) is 0.107. The van der Waals surface area contributed by atoms with Crippen LogP contribution < -0.4 is 9.80 Å². The third-order valence-corrected chi connectivity index (χ3v) is 25.6. The molecule has 0 saturated heterocycles. The van der Waals surface area contributed by atoms with Gasteiger partial charge in [-0.3, -0.25) is 0 Å². The molecule has 0 bridgehead atoms. The van der Waals surface area contributed by atoms with Crippen molar-refractivity contribution in [2.45, 2.75) is 38.5 Å². The zero-order chi connectivity index (χ0) is 80.2. The van der Waals surface area contributed by atoms with E-state index in [0.717, 1.165) is 34.1 Å². The first-order valence-electron chi connectivity index (χ1n) is 41.8. The van der Waals surface area contributed by atoms with Crippen LogP contribution >= 0.6 is 0 Å². The summed E-state index contributed by atoms with van der Waals surface area (Å²) in [5.41, 5.74) is 36.6. The van der Waals surface area contributed by atoms with Crippen molar-refractivity contribution in [1.29, 1.82) is 0 Å². The minimum absolute atomic E-state index is 0.102. The van der Waals surface area contributed by atoms with Gasteiger partial charge in [0.25, 0.3) is 0 Å². The van der Waals surface area contributed by atoms with E-state index < -0.39 is 0 Å². The van der Waals surface area contributed by atoms with Crippen molar-refractivity contribution in [3.05, 3.63) is 459 Å². The molecule has 21 aromatic rings. The Morgan fingerprint density at radius 1 is 0.175 bits per heavy atom. The van der Waals surface area contributed by atoms with Crippen LogP contribution in [0.2, 0.25) is 0 Å². The van der Waals surface area contributed by atoms with Crippen LogP contribution in [0.5, 0.6) is 0 Å². The maximum atomic E-state index is 2.42. The van der Waals surface area contributed by atoms with Gasteiger partial charge < -0.3 is 18.9 Å². The molecule has 0 saturated carbocycles. The molecule has 0 amide bonds. The first-order valence-corrected chi connectivity index (χ1v) is 41.8. The summed E-state index contributed by atoms with van der Waals surface area (Å²) in [7, 11) is 0. The van der Waals surface area contributed by atoms with Crippen LogP contribution in [0.3, 0.4) is 0 Å². The van der Waals surface area contributed by atoms with E-state index in [2.05, 4.69) is 483 Å². The van der Waals surface area contributed by atoms with Gasteiger partial charge in [-0.1, -0.05) is 325 Å². The van der Waals surface area contributed by atoms with E-state index in [0.29, 0.717) is 0 Å². The summed E-state index contributed by atoms with van der Waals surface area (Å²) in [5.74, 6) is 0. The van der Waals surface area contributed by atoms with Crippen LogP contribution in [0.15, 0.2) is 437 Å². The molecule has 0 unspecified atom stereocenters. The third-order valence-electron chi connectivity index (χ3n) is 25.6. The molecule has 120 heavy (non-hydrogen) atoms. The Kier molecular flexibility index (Phi) is 17.2. The van der Waals surface area contributed by atoms with Crippen LogP contribution in [-0.4, -0.2) is 9.13 Å². The molecule has 568 valence electrons. The standard InChI is InChI=1S/C59H42N2.C57H42N2/c1-59(2)55-18-10-8-16-51(55)52-34-32-48(38-56(52)59)60(46-28-22-39(23-29-46)42-26-33-50-44(36-42)21-20-41-12-6-7-15-49(41)50)47-30-24-40(25-31-47)43-27-35-58-54(37-43)53-17-9-11-19-57(53)61(58)45-13-4-3-5-14-45;1-57(2)53-19-11-9-17-49(53)50-35-34-48(38-54(50)57)58(46-30-25-42(26-31-46)41-23-21-40(22-24-41)39-13-5-3-6-14-39)47-32-27-43(28-33-47)44-29-36-56-52(37-44)51-18-10-12-20-55(51)59(56)45-15-7-4-8-16-45/h3-38H,1-2H3;3-38H,1-2H3. The van der Waals surface area contributed by atoms with Gasteiger partial charge in [0.1, 0.15) is 0 Å². The van der Waals surface area contributed by atoms with Crippen LogP contribution in [-0.2, 0) is 10.8 Å². The second-order valence-electron chi connectivity index (χ2n) is 33.2. The Hall–Kier alpha value is -15.1. The topological polar surface area (TPSA) is 16.3 Å². The zero-order valence-corrected chi connectivity index (χ0v) is 67.4. The fourth-order valence-electron chi connectivity index (χ4n) is 19.5. The Balaban J connectivity index is 0.000000144. The average molecular weight is 1530 g/mol. The van der Waals surface area contributed by atoms with Gasteiger partial charge in [0.15, 0.2) is 0 Å². The number of hydrogen-bond acceptors (Lipinski definition) is 2. The van der Waals surface area contributed by atoms with E-state index in [-0.39, 0.29) is 10.8 Å². The Labute approximate surface area is 700 Å². The summed E-state index contributed by atoms with van der Waals surface area (Å²) in [5, 5.41) is 10.1. The van der Waals surface area contributed by atoms with Crippen molar-refractivity contribution in [2.24, 2.45) is 0 Å². The van der Waals surface area contributed by atoms with E-state index in [1.54, 1.807) is 0 Å². The van der Waals surface area contributed by atoms with Crippen molar-refractivity contribution in [2.75, 3.05) is 9.80 Å². The first kappa shape index (κ1) is 71.4. The van der Waals surface area contributed by atoms with E-state index in [1.165, 1.54) is 177 Å². The second-order valence-corrected chi connectivity index (χ2v) is 33.2. The van der Waals surface area contributed by atoms with Crippen LogP contribution in [0.4, 0.5) is 34.1 Å². The molecule has 2 aliphatic carbocycles. The number of benzene rings is 19. The number of rotatable bonds is 13. The maximum absolute atomic E-state index is 2.42. The van der Waals surface area contributed by atoms with Crippen molar-refractivity contribution in [3.63, 3.8) is 0 Å². The molecule has 0 fully saturated rings. The predicted octanol–water partition coefficient (Wildman–Crippen LogP) is 31.8. The molecule has 2 heterocycles. The van der Waals surface area contributed by atoms with Gasteiger partial charge >= 0.3 is 0 Å². The molecule has 4 heteroatoms. The van der Waals surface area contributed by atoms with Crippen molar-refractivity contribution in [3.8, 4) is 89.3 Å². The van der Waals surface area contributed by atoms with Crippen LogP contribution in [0, 0.1) is 0 Å². The lowest BCUT2D eigenvalue weighted by Gasteiger charge is -2.28. The first-order chi connectivity index (χ1) is 59.0. The lowest BCUT2D eigenvalue weighted by atomic mass is 9.82.